The fourth-order valence-corrected chi connectivity index (χ4v) is 4.04. The topological polar surface area (TPSA) is 15.7 Å². The summed E-state index contributed by atoms with van der Waals surface area (Å²) in [4.78, 5) is 5.04. The predicted octanol–water partition coefficient (Wildman–Crippen LogP) is 5.55. The van der Waals surface area contributed by atoms with Crippen molar-refractivity contribution in [1.29, 1.82) is 0 Å². The van der Waals surface area contributed by atoms with Crippen LogP contribution in [0.1, 0.15) is 22.8 Å². The number of nitrogens with zero attached hydrogens (tertiary/aromatic N) is 2. The van der Waals surface area contributed by atoms with E-state index in [1.807, 2.05) is 0 Å². The molecule has 3 aromatic carbocycles. The summed E-state index contributed by atoms with van der Waals surface area (Å²) in [6.07, 6.45) is 4.48. The van der Waals surface area contributed by atoms with E-state index in [1.54, 1.807) is 0 Å². The van der Waals surface area contributed by atoms with Crippen LogP contribution < -0.4 is 0 Å². The van der Waals surface area contributed by atoms with Gasteiger partial charge in [-0.15, -0.1) is 12.4 Å². The first-order valence-corrected chi connectivity index (χ1v) is 11.3. The molecule has 0 atom stereocenters. The third kappa shape index (κ3) is 7.32. The molecule has 0 spiro atoms. The highest BCUT2D eigenvalue weighted by atomic mass is 35.5. The lowest BCUT2D eigenvalue weighted by molar-refractivity contribution is 0.0468. The molecule has 0 radical (unpaired) electrons. The fraction of sp³-hybridized carbons (Fsp3) is 0.286. The molecule has 0 amide bonds. The molecule has 0 aromatic heterocycles. The number of hydrogen-bond donors (Lipinski definition) is 0. The normalized spacial score (nSPS) is 15.2. The van der Waals surface area contributed by atoms with E-state index < -0.39 is 0 Å². The highest BCUT2D eigenvalue weighted by molar-refractivity contribution is 5.85. The van der Waals surface area contributed by atoms with Crippen molar-refractivity contribution in [3.63, 3.8) is 0 Å². The van der Waals surface area contributed by atoms with Gasteiger partial charge >= 0.3 is 0 Å². The van der Waals surface area contributed by atoms with Crippen molar-refractivity contribution < 1.29 is 4.74 Å². The van der Waals surface area contributed by atoms with Crippen LogP contribution in [0, 0.1) is 0 Å². The average molecular weight is 449 g/mol. The first-order chi connectivity index (χ1) is 15.4. The maximum Gasteiger partial charge on any atom is 0.108 e. The summed E-state index contributed by atoms with van der Waals surface area (Å²) in [7, 11) is 0. The smallest absolute Gasteiger partial charge is 0.108 e. The van der Waals surface area contributed by atoms with E-state index in [2.05, 4.69) is 113 Å². The molecule has 3 aromatic rings. The summed E-state index contributed by atoms with van der Waals surface area (Å²) >= 11 is 0. The van der Waals surface area contributed by atoms with Crippen molar-refractivity contribution in [2.75, 3.05) is 45.9 Å². The molecular weight excluding hydrogens is 416 g/mol. The summed E-state index contributed by atoms with van der Waals surface area (Å²) in [5.41, 5.74) is 3.69. The van der Waals surface area contributed by atoms with Gasteiger partial charge in [-0.25, -0.2) is 0 Å². The fourth-order valence-electron chi connectivity index (χ4n) is 4.04. The summed E-state index contributed by atoms with van der Waals surface area (Å²) < 4.78 is 6.39. The van der Waals surface area contributed by atoms with E-state index in [9.17, 15) is 0 Å². The molecule has 168 valence electrons. The summed E-state index contributed by atoms with van der Waals surface area (Å²) in [6, 6.07) is 31.6. The lowest BCUT2D eigenvalue weighted by Crippen LogP contribution is -2.47. The minimum Gasteiger partial charge on any atom is -0.367 e. The maximum absolute atomic E-state index is 6.39. The molecule has 0 saturated carbocycles. The van der Waals surface area contributed by atoms with Gasteiger partial charge in [0.05, 0.1) is 6.61 Å². The quantitative estimate of drug-likeness (QED) is 0.427. The van der Waals surface area contributed by atoms with Gasteiger partial charge in [0.1, 0.15) is 6.10 Å². The minimum atomic E-state index is -0.00758. The third-order valence-corrected chi connectivity index (χ3v) is 5.84. The van der Waals surface area contributed by atoms with E-state index in [-0.39, 0.29) is 18.5 Å². The Hall–Kier alpha value is -2.43. The molecule has 0 bridgehead atoms. The Bertz CT molecular complexity index is 870. The SMILES string of the molecule is C(=Cc1ccccc1)CN1CCN(CCOC(c2ccccc2)c2ccccc2)CC1.Cl. The zero-order chi connectivity index (χ0) is 21.1. The molecule has 0 unspecified atom stereocenters. The van der Waals surface area contributed by atoms with Crippen molar-refractivity contribution in [2.45, 2.75) is 6.10 Å². The zero-order valence-corrected chi connectivity index (χ0v) is 19.4. The average Bonchev–Trinajstić information content (AvgIpc) is 2.85. The molecule has 1 heterocycles. The van der Waals surface area contributed by atoms with E-state index in [0.717, 1.165) is 45.9 Å². The predicted molar refractivity (Wildman–Crippen MR) is 136 cm³/mol. The Balaban J connectivity index is 0.00000289. The minimum absolute atomic E-state index is 0. The first-order valence-electron chi connectivity index (χ1n) is 11.3. The van der Waals surface area contributed by atoms with Crippen LogP contribution in [0.25, 0.3) is 6.08 Å². The molecule has 1 aliphatic rings. The van der Waals surface area contributed by atoms with Gasteiger partial charge in [-0.1, -0.05) is 103 Å². The molecule has 4 rings (SSSR count). The van der Waals surface area contributed by atoms with E-state index >= 15 is 0 Å². The largest absolute Gasteiger partial charge is 0.367 e. The van der Waals surface area contributed by atoms with Crippen LogP contribution in [-0.4, -0.2) is 55.7 Å². The summed E-state index contributed by atoms with van der Waals surface area (Å²) in [5.74, 6) is 0. The van der Waals surface area contributed by atoms with Gasteiger partial charge in [0, 0.05) is 39.3 Å². The maximum atomic E-state index is 6.39. The van der Waals surface area contributed by atoms with Crippen molar-refractivity contribution >= 4 is 18.5 Å². The molecule has 32 heavy (non-hydrogen) atoms. The molecule has 1 saturated heterocycles. The number of halogens is 1. The summed E-state index contributed by atoms with van der Waals surface area (Å²) in [5, 5.41) is 0. The Morgan fingerprint density at radius 3 is 1.75 bits per heavy atom. The lowest BCUT2D eigenvalue weighted by atomic mass is 10.0. The van der Waals surface area contributed by atoms with Crippen LogP contribution >= 0.6 is 12.4 Å². The van der Waals surface area contributed by atoms with Crippen molar-refractivity contribution in [3.05, 3.63) is 114 Å². The molecule has 0 aliphatic carbocycles. The van der Waals surface area contributed by atoms with E-state index in [1.165, 1.54) is 16.7 Å². The van der Waals surface area contributed by atoms with Crippen LogP contribution in [0.2, 0.25) is 0 Å². The molecular formula is C28H33ClN2O. The van der Waals surface area contributed by atoms with E-state index in [0.29, 0.717) is 0 Å². The van der Waals surface area contributed by atoms with Gasteiger partial charge < -0.3 is 4.74 Å². The lowest BCUT2D eigenvalue weighted by Gasteiger charge is -2.34. The second kappa shape index (κ2) is 13.2. The highest BCUT2D eigenvalue weighted by Gasteiger charge is 2.18. The van der Waals surface area contributed by atoms with Gasteiger partial charge in [-0.3, -0.25) is 9.80 Å². The summed E-state index contributed by atoms with van der Waals surface area (Å²) in [6.45, 7) is 7.16. The number of benzene rings is 3. The molecule has 1 aliphatic heterocycles. The second-order valence-electron chi connectivity index (χ2n) is 8.03. The van der Waals surface area contributed by atoms with Crippen LogP contribution in [0.3, 0.4) is 0 Å². The van der Waals surface area contributed by atoms with Gasteiger partial charge in [0.2, 0.25) is 0 Å². The zero-order valence-electron chi connectivity index (χ0n) is 18.6. The van der Waals surface area contributed by atoms with Crippen LogP contribution in [0.4, 0.5) is 0 Å². The van der Waals surface area contributed by atoms with Crippen LogP contribution in [-0.2, 0) is 4.74 Å². The van der Waals surface area contributed by atoms with Crippen molar-refractivity contribution in [2.24, 2.45) is 0 Å². The van der Waals surface area contributed by atoms with Gasteiger partial charge in [-0.2, -0.15) is 0 Å². The van der Waals surface area contributed by atoms with Gasteiger partial charge in [0.25, 0.3) is 0 Å². The monoisotopic (exact) mass is 448 g/mol. The molecule has 0 N–H and O–H groups in total. The van der Waals surface area contributed by atoms with Crippen molar-refractivity contribution in [3.8, 4) is 0 Å². The Morgan fingerprint density at radius 1 is 0.688 bits per heavy atom. The van der Waals surface area contributed by atoms with Crippen LogP contribution in [0.15, 0.2) is 97.1 Å². The van der Waals surface area contributed by atoms with Gasteiger partial charge in [-0.05, 0) is 16.7 Å². The first kappa shape index (κ1) is 24.2. The van der Waals surface area contributed by atoms with Crippen molar-refractivity contribution in [1.82, 2.24) is 9.80 Å². The van der Waals surface area contributed by atoms with E-state index in [4.69, 9.17) is 4.74 Å². The Labute approximate surface area is 198 Å². The number of ether oxygens (including phenoxy) is 1. The van der Waals surface area contributed by atoms with Gasteiger partial charge in [0.15, 0.2) is 0 Å². The third-order valence-electron chi connectivity index (χ3n) is 5.84. The van der Waals surface area contributed by atoms with Crippen LogP contribution in [0.5, 0.6) is 0 Å². The highest BCUT2D eigenvalue weighted by Crippen LogP contribution is 2.25. The number of hydrogen-bond acceptors (Lipinski definition) is 3. The standard InChI is InChI=1S/C28H32N2O.ClH/c1-4-11-25(12-5-1)13-10-18-29-19-21-30(22-20-29)23-24-31-28(26-14-6-2-7-15-26)27-16-8-3-9-17-27;/h1-17,28H,18-24H2;1H. The molecule has 4 heteroatoms. The second-order valence-corrected chi connectivity index (χ2v) is 8.03. The number of rotatable bonds is 9. The molecule has 3 nitrogen and oxygen atoms in total. The Morgan fingerprint density at radius 2 is 1.19 bits per heavy atom. The Kier molecular flexibility index (Phi) is 9.98. The molecule has 1 fully saturated rings. The number of piperazine rings is 1.